The molecule has 32 heavy (non-hydrogen) atoms. The molecule has 6 heteroatoms. The van der Waals surface area contributed by atoms with Crippen LogP contribution in [0.25, 0.3) is 0 Å². The van der Waals surface area contributed by atoms with Crippen LogP contribution in [-0.2, 0) is 6.54 Å². The Bertz CT molecular complexity index is 1190. The Kier molecular flexibility index (Phi) is 5.60. The predicted octanol–water partition coefficient (Wildman–Crippen LogP) is 5.87. The highest BCUT2D eigenvalue weighted by molar-refractivity contribution is 7.80. The molecule has 0 bridgehead atoms. The van der Waals surface area contributed by atoms with Gasteiger partial charge in [0, 0.05) is 30.3 Å². The number of pyridine rings is 1. The fourth-order valence-electron chi connectivity index (χ4n) is 4.22. The molecule has 0 amide bonds. The van der Waals surface area contributed by atoms with Crippen molar-refractivity contribution in [3.8, 4) is 11.5 Å². The number of para-hydroxylation sites is 1. The number of nitrogens with one attached hydrogen (secondary N) is 1. The molecule has 5 rings (SSSR count). The molecule has 1 aliphatic rings. The van der Waals surface area contributed by atoms with Crippen molar-refractivity contribution in [3.63, 3.8) is 0 Å². The third kappa shape index (κ3) is 3.85. The average Bonchev–Trinajstić information content (AvgIpc) is 3.44. The van der Waals surface area contributed by atoms with Gasteiger partial charge in [-0.05, 0) is 79.8 Å². The largest absolute Gasteiger partial charge is 0.457 e. The van der Waals surface area contributed by atoms with E-state index in [4.69, 9.17) is 17.0 Å². The fraction of sp³-hybridized carbons (Fsp3) is 0.154. The van der Waals surface area contributed by atoms with E-state index in [0.29, 0.717) is 5.11 Å². The molecule has 160 valence electrons. The Hall–Kier alpha value is -3.64. The molecule has 1 N–H and O–H groups in total. The molecular weight excluding hydrogens is 416 g/mol. The summed E-state index contributed by atoms with van der Waals surface area (Å²) in [6.07, 6.45) is 3.94. The lowest BCUT2D eigenvalue weighted by Crippen LogP contribution is -2.30. The molecule has 0 aliphatic carbocycles. The number of hydrogen-bond acceptors (Lipinski definition) is 3. The molecule has 1 aliphatic heterocycles. The van der Waals surface area contributed by atoms with Gasteiger partial charge in [0.15, 0.2) is 5.11 Å². The van der Waals surface area contributed by atoms with Crippen molar-refractivity contribution in [2.75, 3.05) is 4.90 Å². The molecule has 2 aromatic heterocycles. The third-order valence-electron chi connectivity index (χ3n) is 5.70. The molecule has 0 radical (unpaired) electrons. The van der Waals surface area contributed by atoms with Crippen molar-refractivity contribution in [2.45, 2.75) is 25.6 Å². The second-order valence-electron chi connectivity index (χ2n) is 7.62. The molecule has 0 spiro atoms. The number of thiocarbonyl (C=S) groups is 1. The molecule has 2 aromatic carbocycles. The third-order valence-corrected chi connectivity index (χ3v) is 6.01. The summed E-state index contributed by atoms with van der Waals surface area (Å²) >= 11 is 5.81. The van der Waals surface area contributed by atoms with Crippen LogP contribution in [0.2, 0.25) is 0 Å². The maximum absolute atomic E-state index is 5.97. The summed E-state index contributed by atoms with van der Waals surface area (Å²) in [4.78, 5) is 6.80. The van der Waals surface area contributed by atoms with Crippen molar-refractivity contribution >= 4 is 23.0 Å². The molecule has 5 nitrogen and oxygen atoms in total. The summed E-state index contributed by atoms with van der Waals surface area (Å²) in [6.45, 7) is 3.04. The molecule has 2 atom stereocenters. The molecular formula is C26H24N4OS. The van der Waals surface area contributed by atoms with Crippen molar-refractivity contribution < 1.29 is 4.74 Å². The van der Waals surface area contributed by atoms with Gasteiger partial charge in [0.1, 0.15) is 17.5 Å². The van der Waals surface area contributed by atoms with Gasteiger partial charge in [0.05, 0.1) is 11.7 Å². The number of hydrogen-bond donors (Lipinski definition) is 1. The van der Waals surface area contributed by atoms with Gasteiger partial charge in [-0.15, -0.1) is 0 Å². The van der Waals surface area contributed by atoms with E-state index in [9.17, 15) is 0 Å². The monoisotopic (exact) mass is 440 g/mol. The van der Waals surface area contributed by atoms with Crippen LogP contribution in [-0.4, -0.2) is 14.7 Å². The van der Waals surface area contributed by atoms with E-state index in [0.717, 1.165) is 29.4 Å². The van der Waals surface area contributed by atoms with Gasteiger partial charge >= 0.3 is 0 Å². The molecule has 0 saturated carbocycles. The van der Waals surface area contributed by atoms with Crippen LogP contribution in [0.5, 0.6) is 11.5 Å². The standard InChI is InChI=1S/C26H24N4OS/c1-2-29-18-8-12-23(29)25-24(22-11-6-7-17-27-22)28-26(32)30(25)19-13-15-21(16-14-19)31-20-9-4-3-5-10-20/h3-18,24-25H,2H2,1H3,(H,28,32)/t24-,25+/m1/s1. The van der Waals surface area contributed by atoms with E-state index in [-0.39, 0.29) is 12.1 Å². The predicted molar refractivity (Wildman–Crippen MR) is 131 cm³/mol. The first-order valence-corrected chi connectivity index (χ1v) is 11.1. The van der Waals surface area contributed by atoms with Crippen LogP contribution >= 0.6 is 12.2 Å². The van der Waals surface area contributed by atoms with Crippen LogP contribution in [0.3, 0.4) is 0 Å². The summed E-state index contributed by atoms with van der Waals surface area (Å²) in [6, 6.07) is 28.0. The number of ether oxygens (including phenoxy) is 1. The average molecular weight is 441 g/mol. The normalized spacial score (nSPS) is 17.9. The second kappa shape index (κ2) is 8.85. The Morgan fingerprint density at radius 2 is 1.66 bits per heavy atom. The summed E-state index contributed by atoms with van der Waals surface area (Å²) in [5.41, 5.74) is 3.17. The van der Waals surface area contributed by atoms with Gasteiger partial charge in [-0.1, -0.05) is 24.3 Å². The Balaban J connectivity index is 1.50. The van der Waals surface area contributed by atoms with Crippen molar-refractivity contribution in [3.05, 3.63) is 109 Å². The summed E-state index contributed by atoms with van der Waals surface area (Å²) in [7, 11) is 0. The Morgan fingerprint density at radius 3 is 2.38 bits per heavy atom. The van der Waals surface area contributed by atoms with E-state index < -0.39 is 0 Å². The number of benzene rings is 2. The highest BCUT2D eigenvalue weighted by Gasteiger charge is 2.41. The van der Waals surface area contributed by atoms with Crippen LogP contribution in [0.1, 0.15) is 30.4 Å². The lowest BCUT2D eigenvalue weighted by atomic mass is 10.0. The molecule has 1 fully saturated rings. The maximum Gasteiger partial charge on any atom is 0.174 e. The molecule has 1 saturated heterocycles. The minimum Gasteiger partial charge on any atom is -0.457 e. The van der Waals surface area contributed by atoms with Crippen LogP contribution in [0.15, 0.2) is 97.3 Å². The Morgan fingerprint density at radius 1 is 0.906 bits per heavy atom. The van der Waals surface area contributed by atoms with Gasteiger partial charge in [0.25, 0.3) is 0 Å². The smallest absolute Gasteiger partial charge is 0.174 e. The number of aryl methyl sites for hydroxylation is 1. The van der Waals surface area contributed by atoms with Gasteiger partial charge in [-0.3, -0.25) is 4.98 Å². The van der Waals surface area contributed by atoms with Gasteiger partial charge in [-0.25, -0.2) is 0 Å². The quantitative estimate of drug-likeness (QED) is 0.380. The van der Waals surface area contributed by atoms with Crippen molar-refractivity contribution in [2.24, 2.45) is 0 Å². The summed E-state index contributed by atoms with van der Waals surface area (Å²) < 4.78 is 8.23. The SMILES string of the molecule is CCn1cccc1[C@H]1[C@@H](c2ccccn2)NC(=S)N1c1ccc(Oc2ccccc2)cc1. The number of nitrogens with zero attached hydrogens (tertiary/aromatic N) is 3. The first-order valence-electron chi connectivity index (χ1n) is 10.7. The van der Waals surface area contributed by atoms with E-state index in [2.05, 4.69) is 57.2 Å². The van der Waals surface area contributed by atoms with Gasteiger partial charge in [0.2, 0.25) is 0 Å². The maximum atomic E-state index is 5.97. The number of anilines is 1. The molecule has 3 heterocycles. The minimum atomic E-state index is -0.0517. The zero-order valence-corrected chi connectivity index (χ0v) is 18.6. The van der Waals surface area contributed by atoms with Crippen LogP contribution in [0.4, 0.5) is 5.69 Å². The summed E-state index contributed by atoms with van der Waals surface area (Å²) in [5, 5.41) is 4.20. The summed E-state index contributed by atoms with van der Waals surface area (Å²) in [5.74, 6) is 1.60. The van der Waals surface area contributed by atoms with Crippen LogP contribution < -0.4 is 15.0 Å². The highest BCUT2D eigenvalue weighted by Crippen LogP contribution is 2.42. The van der Waals surface area contributed by atoms with Crippen LogP contribution in [0, 0.1) is 0 Å². The Labute approximate surface area is 193 Å². The number of rotatable bonds is 6. The van der Waals surface area contributed by atoms with E-state index in [1.54, 1.807) is 0 Å². The van der Waals surface area contributed by atoms with Crippen molar-refractivity contribution in [1.29, 1.82) is 0 Å². The number of aromatic nitrogens is 2. The molecule has 0 unspecified atom stereocenters. The lowest BCUT2D eigenvalue weighted by Gasteiger charge is -2.29. The molecule has 4 aromatic rings. The van der Waals surface area contributed by atoms with Gasteiger partial charge in [-0.2, -0.15) is 0 Å². The van der Waals surface area contributed by atoms with Crippen molar-refractivity contribution in [1.82, 2.24) is 14.9 Å². The van der Waals surface area contributed by atoms with Gasteiger partial charge < -0.3 is 19.5 Å². The van der Waals surface area contributed by atoms with E-state index >= 15 is 0 Å². The van der Waals surface area contributed by atoms with E-state index in [1.165, 1.54) is 5.69 Å². The second-order valence-corrected chi connectivity index (χ2v) is 8.01. The zero-order valence-electron chi connectivity index (χ0n) is 17.8. The zero-order chi connectivity index (χ0) is 21.9. The lowest BCUT2D eigenvalue weighted by molar-refractivity contribution is 0.482. The topological polar surface area (TPSA) is 42.3 Å². The first-order chi connectivity index (χ1) is 15.7. The fourth-order valence-corrected chi connectivity index (χ4v) is 4.56. The first kappa shape index (κ1) is 20.3. The minimum absolute atomic E-state index is 0.0201. The highest BCUT2D eigenvalue weighted by atomic mass is 32.1. The van der Waals surface area contributed by atoms with E-state index in [1.807, 2.05) is 66.9 Å².